The molecule has 2 saturated heterocycles. The first kappa shape index (κ1) is 17.0. The molecule has 1 N–H and O–H groups in total. The van der Waals surface area contributed by atoms with Gasteiger partial charge in [-0.15, -0.1) is 0 Å². The van der Waals surface area contributed by atoms with E-state index >= 15 is 0 Å². The van der Waals surface area contributed by atoms with Gasteiger partial charge in [-0.1, -0.05) is 12.1 Å². The molecule has 0 unspecified atom stereocenters. The molecule has 5 heteroatoms. The first-order chi connectivity index (χ1) is 12.6. The summed E-state index contributed by atoms with van der Waals surface area (Å²) in [5.41, 5.74) is 2.85. The molecule has 3 heterocycles. The third-order valence-electron chi connectivity index (χ3n) is 5.56. The van der Waals surface area contributed by atoms with E-state index in [1.807, 2.05) is 43.3 Å². The Kier molecular flexibility index (Phi) is 4.41. The first-order valence-electron chi connectivity index (χ1n) is 9.34. The lowest BCUT2D eigenvalue weighted by Gasteiger charge is -2.23. The van der Waals surface area contributed by atoms with E-state index in [0.29, 0.717) is 6.61 Å². The molecule has 2 atom stereocenters. The highest BCUT2D eigenvalue weighted by atomic mass is 16.5. The highest BCUT2D eigenvalue weighted by Gasteiger charge is 2.50. The maximum Gasteiger partial charge on any atom is 0.242 e. The minimum atomic E-state index is -0.383. The van der Waals surface area contributed by atoms with Crippen molar-refractivity contribution in [2.45, 2.75) is 37.8 Å². The highest BCUT2D eigenvalue weighted by molar-refractivity contribution is 5.88. The number of hydrogen-bond donors (Lipinski definition) is 1. The van der Waals surface area contributed by atoms with Crippen molar-refractivity contribution in [2.24, 2.45) is 0 Å². The lowest BCUT2D eigenvalue weighted by Crippen LogP contribution is -2.47. The van der Waals surface area contributed by atoms with E-state index in [4.69, 9.17) is 4.74 Å². The van der Waals surface area contributed by atoms with Crippen LogP contribution in [-0.4, -0.2) is 41.5 Å². The number of nitrogens with one attached hydrogen (secondary N) is 1. The molecule has 1 aromatic carbocycles. The second-order valence-electron chi connectivity index (χ2n) is 7.22. The zero-order valence-corrected chi connectivity index (χ0v) is 15.4. The summed E-state index contributed by atoms with van der Waals surface area (Å²) in [4.78, 5) is 18.9. The number of benzene rings is 1. The summed E-state index contributed by atoms with van der Waals surface area (Å²) in [5.74, 6) is 1.10. The van der Waals surface area contributed by atoms with Crippen LogP contribution in [0.25, 0.3) is 11.1 Å². The summed E-state index contributed by atoms with van der Waals surface area (Å²) in [5, 5.41) is 3.59. The summed E-state index contributed by atoms with van der Waals surface area (Å²) >= 11 is 0. The minimum absolute atomic E-state index is 0.125. The predicted molar refractivity (Wildman–Crippen MR) is 101 cm³/mol. The monoisotopic (exact) mass is 351 g/mol. The van der Waals surface area contributed by atoms with E-state index in [9.17, 15) is 4.79 Å². The molecule has 1 spiro atoms. The van der Waals surface area contributed by atoms with Crippen molar-refractivity contribution in [2.75, 3.05) is 20.2 Å². The normalized spacial score (nSPS) is 25.2. The largest absolute Gasteiger partial charge is 0.494 e. The molecule has 2 aromatic rings. The highest BCUT2D eigenvalue weighted by Crippen LogP contribution is 2.39. The van der Waals surface area contributed by atoms with E-state index in [2.05, 4.69) is 28.5 Å². The van der Waals surface area contributed by atoms with Gasteiger partial charge in [0.1, 0.15) is 11.3 Å². The van der Waals surface area contributed by atoms with E-state index in [0.717, 1.165) is 48.4 Å². The Morgan fingerprint density at radius 2 is 2.12 bits per heavy atom. The Bertz CT molecular complexity index is 822. The lowest BCUT2D eigenvalue weighted by atomic mass is 9.96. The fourth-order valence-electron chi connectivity index (χ4n) is 4.14. The Morgan fingerprint density at radius 1 is 1.27 bits per heavy atom. The average Bonchev–Trinajstić information content (AvgIpc) is 3.22. The molecule has 26 heavy (non-hydrogen) atoms. The zero-order valence-electron chi connectivity index (χ0n) is 15.4. The van der Waals surface area contributed by atoms with Gasteiger partial charge in [0, 0.05) is 19.8 Å². The van der Waals surface area contributed by atoms with Crippen LogP contribution < -0.4 is 10.1 Å². The Morgan fingerprint density at radius 3 is 2.88 bits per heavy atom. The van der Waals surface area contributed by atoms with Crippen LogP contribution in [0.1, 0.15) is 37.9 Å². The van der Waals surface area contributed by atoms with Crippen LogP contribution in [0, 0.1) is 0 Å². The molecule has 0 aliphatic carbocycles. The standard InChI is InChI=1S/C21H25N3O2/c1-3-26-17-6-4-5-15(13-17)16-8-11-22-19(14-16)18-7-9-21(23-18)10-12-24(2)20(21)25/h4-6,8,11,13-14,18,23H,3,7,9-10,12H2,1-2H3/t18-,21+/m1/s1. The van der Waals surface area contributed by atoms with Crippen molar-refractivity contribution in [3.8, 4) is 16.9 Å². The molecule has 0 bridgehead atoms. The Hall–Kier alpha value is -2.40. The van der Waals surface area contributed by atoms with Crippen LogP contribution in [-0.2, 0) is 4.79 Å². The Balaban J connectivity index is 1.57. The summed E-state index contributed by atoms with van der Waals surface area (Å²) in [6, 6.07) is 12.4. The number of pyridine rings is 1. The molecular weight excluding hydrogens is 326 g/mol. The number of likely N-dealkylation sites (tertiary alicyclic amines) is 1. The molecule has 2 aliphatic rings. The molecule has 0 saturated carbocycles. The zero-order chi connectivity index (χ0) is 18.1. The number of carbonyl (C=O) groups is 1. The van der Waals surface area contributed by atoms with Crippen molar-refractivity contribution in [3.63, 3.8) is 0 Å². The van der Waals surface area contributed by atoms with Crippen molar-refractivity contribution in [1.29, 1.82) is 0 Å². The maximum atomic E-state index is 12.5. The summed E-state index contributed by atoms with van der Waals surface area (Å²) in [6.45, 7) is 3.47. The molecule has 5 nitrogen and oxygen atoms in total. The van der Waals surface area contributed by atoms with E-state index < -0.39 is 0 Å². The number of rotatable bonds is 4. The van der Waals surface area contributed by atoms with Crippen LogP contribution in [0.3, 0.4) is 0 Å². The number of carbonyl (C=O) groups excluding carboxylic acids is 1. The van der Waals surface area contributed by atoms with Crippen LogP contribution in [0.2, 0.25) is 0 Å². The van der Waals surface area contributed by atoms with Gasteiger partial charge >= 0.3 is 0 Å². The minimum Gasteiger partial charge on any atom is -0.494 e. The van der Waals surface area contributed by atoms with E-state index in [1.54, 1.807) is 0 Å². The first-order valence-corrected chi connectivity index (χ1v) is 9.34. The molecule has 136 valence electrons. The predicted octanol–water partition coefficient (Wildman–Crippen LogP) is 3.17. The molecule has 0 radical (unpaired) electrons. The fraction of sp³-hybridized carbons (Fsp3) is 0.429. The molecule has 2 aliphatic heterocycles. The quantitative estimate of drug-likeness (QED) is 0.919. The lowest BCUT2D eigenvalue weighted by molar-refractivity contribution is -0.131. The fourth-order valence-corrected chi connectivity index (χ4v) is 4.14. The number of nitrogens with zero attached hydrogens (tertiary/aromatic N) is 2. The summed E-state index contributed by atoms with van der Waals surface area (Å²) in [7, 11) is 1.89. The smallest absolute Gasteiger partial charge is 0.242 e. The third kappa shape index (κ3) is 2.97. The second kappa shape index (κ2) is 6.72. The number of likely N-dealkylation sites (N-methyl/N-ethyl adjacent to an activating group) is 1. The van der Waals surface area contributed by atoms with Crippen LogP contribution in [0.5, 0.6) is 5.75 Å². The van der Waals surface area contributed by atoms with Gasteiger partial charge in [-0.2, -0.15) is 0 Å². The van der Waals surface area contributed by atoms with E-state index in [-0.39, 0.29) is 17.5 Å². The molecule has 1 aromatic heterocycles. The van der Waals surface area contributed by atoms with Crippen molar-refractivity contribution in [1.82, 2.24) is 15.2 Å². The van der Waals surface area contributed by atoms with Gasteiger partial charge in [-0.05, 0) is 61.6 Å². The van der Waals surface area contributed by atoms with Gasteiger partial charge in [0.25, 0.3) is 0 Å². The van der Waals surface area contributed by atoms with Gasteiger partial charge in [0.2, 0.25) is 5.91 Å². The SMILES string of the molecule is CCOc1cccc(-c2ccnc([C@H]3CC[C@@]4(CCN(C)C4=O)N3)c2)c1. The van der Waals surface area contributed by atoms with Gasteiger partial charge in [-0.25, -0.2) is 0 Å². The van der Waals surface area contributed by atoms with Crippen molar-refractivity contribution in [3.05, 3.63) is 48.3 Å². The topological polar surface area (TPSA) is 54.5 Å². The number of ether oxygens (including phenoxy) is 1. The van der Waals surface area contributed by atoms with Gasteiger partial charge in [0.05, 0.1) is 18.3 Å². The molecule has 1 amide bonds. The van der Waals surface area contributed by atoms with Gasteiger partial charge in [0.15, 0.2) is 0 Å². The summed E-state index contributed by atoms with van der Waals surface area (Å²) < 4.78 is 5.61. The number of aromatic nitrogens is 1. The second-order valence-corrected chi connectivity index (χ2v) is 7.22. The molecule has 2 fully saturated rings. The van der Waals surface area contributed by atoms with Crippen LogP contribution in [0.15, 0.2) is 42.6 Å². The van der Waals surface area contributed by atoms with Gasteiger partial charge < -0.3 is 9.64 Å². The van der Waals surface area contributed by atoms with Crippen LogP contribution >= 0.6 is 0 Å². The van der Waals surface area contributed by atoms with Gasteiger partial charge in [-0.3, -0.25) is 15.1 Å². The molecular formula is C21H25N3O2. The Labute approximate surface area is 154 Å². The van der Waals surface area contributed by atoms with Crippen molar-refractivity contribution < 1.29 is 9.53 Å². The maximum absolute atomic E-state index is 12.5. The number of hydrogen-bond acceptors (Lipinski definition) is 4. The number of amides is 1. The third-order valence-corrected chi connectivity index (χ3v) is 5.56. The van der Waals surface area contributed by atoms with E-state index in [1.165, 1.54) is 0 Å². The van der Waals surface area contributed by atoms with Crippen LogP contribution in [0.4, 0.5) is 0 Å². The molecule has 4 rings (SSSR count). The average molecular weight is 351 g/mol. The van der Waals surface area contributed by atoms with Crippen molar-refractivity contribution >= 4 is 5.91 Å². The summed E-state index contributed by atoms with van der Waals surface area (Å²) in [6.07, 6.45) is 4.56.